The van der Waals surface area contributed by atoms with Crippen LogP contribution in [0.25, 0.3) is 0 Å². The number of benzene rings is 3. The van der Waals surface area contributed by atoms with Crippen LogP contribution in [0.1, 0.15) is 17.2 Å². The number of methoxy groups -OCH3 is 2. The van der Waals surface area contributed by atoms with Gasteiger partial charge in [-0.3, -0.25) is 9.59 Å². The lowest BCUT2D eigenvalue weighted by atomic mass is 10.1. The Morgan fingerprint density at radius 1 is 1.00 bits per heavy atom. The summed E-state index contributed by atoms with van der Waals surface area (Å²) in [5, 5.41) is 2.84. The van der Waals surface area contributed by atoms with Crippen molar-refractivity contribution in [1.29, 1.82) is 0 Å². The molecule has 6 nitrogen and oxygen atoms in total. The predicted molar refractivity (Wildman–Crippen MR) is 127 cm³/mol. The summed E-state index contributed by atoms with van der Waals surface area (Å²) in [5.74, 6) is 0.719. The minimum Gasteiger partial charge on any atom is -0.493 e. The van der Waals surface area contributed by atoms with E-state index in [-0.39, 0.29) is 23.6 Å². The summed E-state index contributed by atoms with van der Waals surface area (Å²) in [6, 6.07) is 22.9. The number of ether oxygens (including phenoxy) is 2. The fourth-order valence-electron chi connectivity index (χ4n) is 3.66. The van der Waals surface area contributed by atoms with Gasteiger partial charge in [-0.05, 0) is 29.8 Å². The molecular formula is C25H24N2O4S. The van der Waals surface area contributed by atoms with Crippen molar-refractivity contribution in [1.82, 2.24) is 0 Å². The van der Waals surface area contributed by atoms with Gasteiger partial charge in [-0.15, -0.1) is 11.8 Å². The largest absolute Gasteiger partial charge is 0.493 e. The molecule has 1 heterocycles. The van der Waals surface area contributed by atoms with Gasteiger partial charge in [-0.1, -0.05) is 42.5 Å². The third kappa shape index (κ3) is 4.73. The van der Waals surface area contributed by atoms with E-state index in [0.29, 0.717) is 23.6 Å². The fourth-order valence-corrected chi connectivity index (χ4v) is 4.94. The molecule has 0 unspecified atom stereocenters. The summed E-state index contributed by atoms with van der Waals surface area (Å²) in [5.41, 5.74) is 2.42. The normalized spacial score (nSPS) is 15.5. The smallest absolute Gasteiger partial charge is 0.244 e. The molecule has 1 atom stereocenters. The molecule has 0 aliphatic carbocycles. The van der Waals surface area contributed by atoms with Crippen LogP contribution in [0.3, 0.4) is 0 Å². The number of amides is 2. The number of anilines is 2. The van der Waals surface area contributed by atoms with Crippen LogP contribution in [0, 0.1) is 0 Å². The van der Waals surface area contributed by atoms with Crippen LogP contribution in [-0.4, -0.2) is 32.6 Å². The zero-order valence-corrected chi connectivity index (χ0v) is 18.7. The Morgan fingerprint density at radius 2 is 1.72 bits per heavy atom. The molecule has 2 amide bonds. The van der Waals surface area contributed by atoms with E-state index in [9.17, 15) is 9.59 Å². The maximum absolute atomic E-state index is 13.2. The molecule has 7 heteroatoms. The summed E-state index contributed by atoms with van der Waals surface area (Å²) in [4.78, 5) is 28.6. The maximum Gasteiger partial charge on any atom is 0.244 e. The van der Waals surface area contributed by atoms with E-state index >= 15 is 0 Å². The van der Waals surface area contributed by atoms with Crippen LogP contribution < -0.4 is 19.7 Å². The average molecular weight is 449 g/mol. The molecular weight excluding hydrogens is 424 g/mol. The topological polar surface area (TPSA) is 67.9 Å². The second kappa shape index (κ2) is 9.78. The molecule has 3 aromatic rings. The number of thioether (sulfide) groups is 1. The maximum atomic E-state index is 13.2. The number of carbonyl (C=O) groups is 2. The first kappa shape index (κ1) is 21.8. The van der Waals surface area contributed by atoms with Gasteiger partial charge in [0, 0.05) is 28.3 Å². The second-order valence-corrected chi connectivity index (χ2v) is 8.53. The van der Waals surface area contributed by atoms with E-state index < -0.39 is 0 Å². The van der Waals surface area contributed by atoms with Crippen molar-refractivity contribution in [2.45, 2.75) is 16.6 Å². The lowest BCUT2D eigenvalue weighted by Gasteiger charge is -2.22. The Kier molecular flexibility index (Phi) is 6.66. The lowest BCUT2D eigenvalue weighted by Crippen LogP contribution is -2.38. The third-order valence-corrected chi connectivity index (χ3v) is 6.55. The molecule has 0 bridgehead atoms. The Bertz CT molecular complexity index is 1120. The number of carbonyl (C=O) groups excluding carboxylic acids is 2. The number of nitrogens with zero attached hydrogens (tertiary/aromatic N) is 1. The molecule has 0 aromatic heterocycles. The van der Waals surface area contributed by atoms with Crippen molar-refractivity contribution in [3.63, 3.8) is 0 Å². The summed E-state index contributed by atoms with van der Waals surface area (Å²) < 4.78 is 10.5. The number of nitrogens with one attached hydrogen (secondary N) is 1. The first-order valence-corrected chi connectivity index (χ1v) is 11.1. The molecule has 0 fully saturated rings. The van der Waals surface area contributed by atoms with Gasteiger partial charge in [-0.2, -0.15) is 0 Å². The highest BCUT2D eigenvalue weighted by atomic mass is 32.2. The zero-order chi connectivity index (χ0) is 22.5. The summed E-state index contributed by atoms with van der Waals surface area (Å²) in [7, 11) is 3.09. The average Bonchev–Trinajstić information content (AvgIpc) is 2.96. The number of para-hydroxylation sites is 1. The van der Waals surface area contributed by atoms with E-state index in [1.165, 1.54) is 7.11 Å². The zero-order valence-electron chi connectivity index (χ0n) is 17.9. The van der Waals surface area contributed by atoms with Crippen LogP contribution >= 0.6 is 11.8 Å². The van der Waals surface area contributed by atoms with Gasteiger partial charge < -0.3 is 19.7 Å². The molecule has 0 spiro atoms. The summed E-state index contributed by atoms with van der Waals surface area (Å²) in [6.45, 7) is -0.0771. The van der Waals surface area contributed by atoms with E-state index in [4.69, 9.17) is 9.47 Å². The first-order chi connectivity index (χ1) is 15.6. The monoisotopic (exact) mass is 448 g/mol. The number of hydrogen-bond acceptors (Lipinski definition) is 5. The molecule has 0 saturated heterocycles. The van der Waals surface area contributed by atoms with Crippen molar-refractivity contribution >= 4 is 35.0 Å². The van der Waals surface area contributed by atoms with Crippen LogP contribution in [0.5, 0.6) is 11.5 Å². The minimum atomic E-state index is -0.288. The molecule has 4 rings (SSSR count). The quantitative estimate of drug-likeness (QED) is 0.580. The third-order valence-electron chi connectivity index (χ3n) is 5.23. The number of fused-ring (bicyclic) bond motifs is 1. The first-order valence-electron chi connectivity index (χ1n) is 10.2. The molecule has 1 aliphatic heterocycles. The summed E-state index contributed by atoms with van der Waals surface area (Å²) in [6.07, 6.45) is 0.312. The van der Waals surface area contributed by atoms with E-state index in [0.717, 1.165) is 16.1 Å². The van der Waals surface area contributed by atoms with E-state index in [1.807, 2.05) is 54.6 Å². The molecule has 0 saturated carbocycles. The number of hydrogen-bond donors (Lipinski definition) is 1. The van der Waals surface area contributed by atoms with Gasteiger partial charge in [0.05, 0.1) is 19.9 Å². The standard InChI is InChI=1S/C25H24N2O4S/c1-30-20-13-12-18(14-21(20)31-2)26-24(28)16-27-19-10-6-7-11-22(19)32-23(15-25(27)29)17-8-4-3-5-9-17/h3-14,23H,15-16H2,1-2H3,(H,26,28)/t23-/m0/s1. The van der Waals surface area contributed by atoms with Crippen molar-refractivity contribution in [3.8, 4) is 11.5 Å². The minimum absolute atomic E-state index is 0.0104. The molecule has 1 aliphatic rings. The molecule has 1 N–H and O–H groups in total. The second-order valence-electron chi connectivity index (χ2n) is 7.29. The lowest BCUT2D eigenvalue weighted by molar-refractivity contribution is -0.121. The fraction of sp³-hybridized carbons (Fsp3) is 0.200. The Balaban J connectivity index is 1.55. The van der Waals surface area contributed by atoms with Crippen molar-refractivity contribution in [3.05, 3.63) is 78.4 Å². The highest BCUT2D eigenvalue weighted by molar-refractivity contribution is 7.99. The van der Waals surface area contributed by atoms with Crippen LogP contribution in [-0.2, 0) is 9.59 Å². The molecule has 0 radical (unpaired) electrons. The predicted octanol–water partition coefficient (Wildman–Crippen LogP) is 4.91. The van der Waals surface area contributed by atoms with Gasteiger partial charge in [0.25, 0.3) is 0 Å². The SMILES string of the molecule is COc1ccc(NC(=O)CN2C(=O)C[C@@H](c3ccccc3)Sc3ccccc32)cc1OC. The number of rotatable bonds is 6. The van der Waals surface area contributed by atoms with Gasteiger partial charge in [0.2, 0.25) is 11.8 Å². The van der Waals surface area contributed by atoms with Crippen molar-refractivity contribution in [2.24, 2.45) is 0 Å². The molecule has 164 valence electrons. The summed E-state index contributed by atoms with van der Waals surface area (Å²) >= 11 is 1.65. The van der Waals surface area contributed by atoms with Crippen LogP contribution in [0.15, 0.2) is 77.7 Å². The van der Waals surface area contributed by atoms with Gasteiger partial charge in [0.15, 0.2) is 11.5 Å². The Morgan fingerprint density at radius 3 is 2.47 bits per heavy atom. The highest BCUT2D eigenvalue weighted by Crippen LogP contribution is 2.45. The van der Waals surface area contributed by atoms with Gasteiger partial charge in [0.1, 0.15) is 6.54 Å². The Labute approximate surface area is 191 Å². The highest BCUT2D eigenvalue weighted by Gasteiger charge is 2.30. The van der Waals surface area contributed by atoms with Gasteiger partial charge >= 0.3 is 0 Å². The van der Waals surface area contributed by atoms with E-state index in [1.54, 1.807) is 42.0 Å². The molecule has 32 heavy (non-hydrogen) atoms. The van der Waals surface area contributed by atoms with Gasteiger partial charge in [-0.25, -0.2) is 0 Å². The van der Waals surface area contributed by atoms with E-state index in [2.05, 4.69) is 5.32 Å². The molecule has 3 aromatic carbocycles. The van der Waals surface area contributed by atoms with Crippen molar-refractivity contribution in [2.75, 3.05) is 31.0 Å². The van der Waals surface area contributed by atoms with Crippen molar-refractivity contribution < 1.29 is 19.1 Å². The van der Waals surface area contributed by atoms with Crippen LogP contribution in [0.2, 0.25) is 0 Å². The van der Waals surface area contributed by atoms with Crippen LogP contribution in [0.4, 0.5) is 11.4 Å². The Hall–Kier alpha value is -3.45.